The molecule has 1 amide bonds. The van der Waals surface area contributed by atoms with Crippen molar-refractivity contribution in [3.8, 4) is 5.75 Å². The van der Waals surface area contributed by atoms with Gasteiger partial charge in [-0.2, -0.15) is 9.68 Å². The fourth-order valence-electron chi connectivity index (χ4n) is 3.73. The molecular weight excluding hydrogens is 490 g/mol. The first-order chi connectivity index (χ1) is 17.3. The zero-order valence-corrected chi connectivity index (χ0v) is 20.6. The van der Waals surface area contributed by atoms with Crippen LogP contribution in [0.3, 0.4) is 0 Å². The first kappa shape index (κ1) is 26.7. The number of fused-ring (bicyclic) bond motifs is 1. The van der Waals surface area contributed by atoms with Gasteiger partial charge in [-0.1, -0.05) is 42.5 Å². The monoisotopic (exact) mass is 519 g/mol. The first-order valence-corrected chi connectivity index (χ1v) is 12.2. The van der Waals surface area contributed by atoms with Crippen LogP contribution in [0.15, 0.2) is 60.0 Å². The van der Waals surface area contributed by atoms with Crippen LogP contribution in [0.4, 0.5) is 0 Å². The number of rotatable bonds is 15. The van der Waals surface area contributed by atoms with Gasteiger partial charge in [0, 0.05) is 36.7 Å². The molecule has 0 saturated carbocycles. The molecule has 12 heteroatoms. The van der Waals surface area contributed by atoms with E-state index in [0.29, 0.717) is 19.4 Å². The van der Waals surface area contributed by atoms with E-state index in [0.717, 1.165) is 21.4 Å². The Morgan fingerprint density at radius 3 is 2.53 bits per heavy atom. The predicted octanol–water partition coefficient (Wildman–Crippen LogP) is 4.61. The summed E-state index contributed by atoms with van der Waals surface area (Å²) in [5.41, 5.74) is 0. The normalized spacial score (nSPS) is 12.5. The third-order valence-electron chi connectivity index (χ3n) is 5.56. The van der Waals surface area contributed by atoms with Gasteiger partial charge in [0.15, 0.2) is 0 Å². The molecule has 3 rings (SSSR count). The maximum atomic E-state index is 12.6. The number of nitrogens with zero attached hydrogens (tertiary/aromatic N) is 3. The summed E-state index contributed by atoms with van der Waals surface area (Å²) in [7, 11) is 1.71. The van der Waals surface area contributed by atoms with E-state index < -0.39 is 22.9 Å². The summed E-state index contributed by atoms with van der Waals surface area (Å²) in [5.74, 6) is 0.657. The molecule has 3 aromatic rings. The molecule has 0 aliphatic carbocycles. The zero-order chi connectivity index (χ0) is 25.9. The number of benzene rings is 2. The van der Waals surface area contributed by atoms with Gasteiger partial charge in [0.05, 0.1) is 0 Å². The second-order valence-corrected chi connectivity index (χ2v) is 9.07. The largest absolute Gasteiger partial charge is 0.484 e. The van der Waals surface area contributed by atoms with E-state index in [1.807, 2.05) is 60.0 Å². The lowest BCUT2D eigenvalue weighted by Gasteiger charge is -2.23. The number of thiophene rings is 1. The lowest BCUT2D eigenvalue weighted by molar-refractivity contribution is -0.995. The van der Waals surface area contributed by atoms with Crippen LogP contribution in [0, 0.1) is 9.81 Å². The highest BCUT2D eigenvalue weighted by atomic mass is 32.1. The van der Waals surface area contributed by atoms with Gasteiger partial charge in [-0.05, 0) is 35.7 Å². The minimum Gasteiger partial charge on any atom is -0.484 e. The molecule has 1 aromatic heterocycles. The van der Waals surface area contributed by atoms with Gasteiger partial charge in [-0.3, -0.25) is 4.79 Å². The molecule has 0 aliphatic heterocycles. The van der Waals surface area contributed by atoms with Crippen molar-refractivity contribution in [2.24, 2.45) is 0 Å². The number of hydrogen-bond acceptors (Lipinski definition) is 7. The Morgan fingerprint density at radius 2 is 1.81 bits per heavy atom. The molecule has 0 radical (unpaired) electrons. The maximum absolute atomic E-state index is 12.6. The zero-order valence-electron chi connectivity index (χ0n) is 19.8. The number of carbonyl (C=O) groups excluding carboxylic acids is 1. The molecule has 1 heterocycles. The van der Waals surface area contributed by atoms with Crippen molar-refractivity contribution in [3.63, 3.8) is 0 Å². The summed E-state index contributed by atoms with van der Waals surface area (Å²) in [4.78, 5) is 45.3. The maximum Gasteiger partial charge on any atom is 0.475 e. The topological polar surface area (TPSA) is 129 Å². The van der Waals surface area contributed by atoms with Crippen molar-refractivity contribution < 1.29 is 39.8 Å². The highest BCUT2D eigenvalue weighted by molar-refractivity contribution is 7.10. The number of ether oxygens (including phenoxy) is 1. The minimum atomic E-state index is -1.02. The van der Waals surface area contributed by atoms with E-state index in [-0.39, 0.29) is 24.9 Å². The molecule has 2 N–H and O–H groups in total. The van der Waals surface area contributed by atoms with E-state index in [4.69, 9.17) is 15.2 Å². The molecule has 0 fully saturated rings. The summed E-state index contributed by atoms with van der Waals surface area (Å²) in [6, 6.07) is 17.9. The standard InChI is InChI=1S/C24H29N3O8S/c1-25(24(28)13-5-9-19(35-27(31)32)17-33-26(29)30)15-14-22(23-12-6-16-36-23)34-21-11-4-8-18-7-2-3-10-20(18)21/h2-4,6-8,10-12,16,19,22H,5,9,13-15,17H2,1H3,(H,29,30)(H,31,32)/q+2/t19-,22-/m0/s1. The second kappa shape index (κ2) is 13.2. The Bertz CT molecular complexity index is 1150. The van der Waals surface area contributed by atoms with Gasteiger partial charge >= 0.3 is 10.2 Å². The molecule has 192 valence electrons. The van der Waals surface area contributed by atoms with Crippen LogP contribution in [0.25, 0.3) is 10.8 Å². The highest BCUT2D eigenvalue weighted by Gasteiger charge is 2.25. The number of hydrogen-bond donors (Lipinski definition) is 2. The van der Waals surface area contributed by atoms with E-state index in [1.54, 1.807) is 23.3 Å². The average molecular weight is 520 g/mol. The van der Waals surface area contributed by atoms with Crippen molar-refractivity contribution >= 4 is 28.0 Å². The smallest absolute Gasteiger partial charge is 0.475 e. The van der Waals surface area contributed by atoms with E-state index in [1.165, 1.54) is 0 Å². The SMILES string of the molecule is CN(CC[C@H](Oc1cccc2ccccc12)c1cccs1)C(=O)CCC[C@@H](CO[N+](=O)O)O[N+](=O)O. The fourth-order valence-corrected chi connectivity index (χ4v) is 4.52. The van der Waals surface area contributed by atoms with E-state index in [9.17, 15) is 14.6 Å². The second-order valence-electron chi connectivity index (χ2n) is 8.09. The molecular formula is C24H29N3O8S+2. The fraction of sp³-hybridized carbons (Fsp3) is 0.375. The van der Waals surface area contributed by atoms with Crippen LogP contribution in [-0.4, -0.2) is 57.7 Å². The van der Waals surface area contributed by atoms with Crippen molar-refractivity contribution in [2.45, 2.75) is 37.9 Å². The van der Waals surface area contributed by atoms with Gasteiger partial charge in [0.2, 0.25) is 18.6 Å². The highest BCUT2D eigenvalue weighted by Crippen LogP contribution is 2.33. The Kier molecular flexibility index (Phi) is 9.81. The van der Waals surface area contributed by atoms with Crippen LogP contribution in [-0.2, 0) is 14.5 Å². The van der Waals surface area contributed by atoms with E-state index in [2.05, 4.69) is 9.68 Å². The van der Waals surface area contributed by atoms with Crippen molar-refractivity contribution in [1.82, 2.24) is 4.90 Å². The number of amides is 1. The molecule has 2 aromatic carbocycles. The molecule has 0 saturated heterocycles. The molecule has 36 heavy (non-hydrogen) atoms. The Hall–Kier alpha value is -3.93. The Balaban J connectivity index is 1.55. The van der Waals surface area contributed by atoms with Gasteiger partial charge in [0.25, 0.3) is 0 Å². The molecule has 2 atom stereocenters. The lowest BCUT2D eigenvalue weighted by Crippen LogP contribution is -2.30. The van der Waals surface area contributed by atoms with Crippen molar-refractivity contribution in [1.29, 1.82) is 0 Å². The quantitative estimate of drug-likeness (QED) is 0.279. The van der Waals surface area contributed by atoms with Crippen molar-refractivity contribution in [3.05, 3.63) is 74.7 Å². The van der Waals surface area contributed by atoms with Crippen LogP contribution in [0.1, 0.15) is 36.7 Å². The minimum absolute atomic E-state index is 0.125. The van der Waals surface area contributed by atoms with Gasteiger partial charge in [-0.15, -0.1) is 11.3 Å². The Morgan fingerprint density at radius 1 is 1.03 bits per heavy atom. The summed E-state index contributed by atoms with van der Waals surface area (Å²) in [5, 5.41) is 19.8. The Labute approximate surface area is 211 Å². The molecule has 0 aliphatic rings. The van der Waals surface area contributed by atoms with Crippen LogP contribution in [0.2, 0.25) is 0 Å². The summed E-state index contributed by atoms with van der Waals surface area (Å²) < 4.78 is 6.43. The van der Waals surface area contributed by atoms with Crippen LogP contribution in [0.5, 0.6) is 5.75 Å². The van der Waals surface area contributed by atoms with Crippen molar-refractivity contribution in [2.75, 3.05) is 20.2 Å². The summed E-state index contributed by atoms with van der Waals surface area (Å²) in [6.07, 6.45) is -0.0926. The average Bonchev–Trinajstić information content (AvgIpc) is 3.39. The molecule has 0 unspecified atom stereocenters. The predicted molar refractivity (Wildman–Crippen MR) is 129 cm³/mol. The van der Waals surface area contributed by atoms with Gasteiger partial charge < -0.3 is 9.64 Å². The summed E-state index contributed by atoms with van der Waals surface area (Å²) in [6.45, 7) is -0.0207. The van der Waals surface area contributed by atoms with Crippen LogP contribution < -0.4 is 4.74 Å². The molecule has 11 nitrogen and oxygen atoms in total. The van der Waals surface area contributed by atoms with Gasteiger partial charge in [-0.25, -0.2) is 10.4 Å². The lowest BCUT2D eigenvalue weighted by atomic mass is 10.1. The first-order valence-electron chi connectivity index (χ1n) is 11.4. The third kappa shape index (κ3) is 8.08. The summed E-state index contributed by atoms with van der Waals surface area (Å²) >= 11 is 1.60. The molecule has 0 spiro atoms. The number of carbonyl (C=O) groups is 1. The van der Waals surface area contributed by atoms with Gasteiger partial charge in [0.1, 0.15) is 21.7 Å². The van der Waals surface area contributed by atoms with Crippen LogP contribution >= 0.6 is 11.3 Å². The molecule has 0 bridgehead atoms. The third-order valence-corrected chi connectivity index (χ3v) is 6.52. The van der Waals surface area contributed by atoms with E-state index >= 15 is 0 Å².